The summed E-state index contributed by atoms with van der Waals surface area (Å²) in [5.74, 6) is 1.51. The van der Waals surface area contributed by atoms with Crippen molar-refractivity contribution >= 4 is 56.7 Å². The maximum atomic E-state index is 12.2. The molecule has 6 nitrogen and oxygen atoms in total. The summed E-state index contributed by atoms with van der Waals surface area (Å²) in [7, 11) is 1.64. The fourth-order valence-electron chi connectivity index (χ4n) is 3.47. The van der Waals surface area contributed by atoms with Gasteiger partial charge in [0.25, 0.3) is 0 Å². The van der Waals surface area contributed by atoms with Gasteiger partial charge in [-0.15, -0.1) is 23.2 Å². The molecule has 0 atom stereocenters. The fourth-order valence-corrected chi connectivity index (χ4v) is 3.95. The molecule has 1 aromatic heterocycles. The zero-order valence-corrected chi connectivity index (χ0v) is 19.1. The highest BCUT2D eigenvalue weighted by Gasteiger charge is 2.13. The molecule has 3 aromatic rings. The number of carbonyl (C=O) groups excluding carboxylic acids is 1. The van der Waals surface area contributed by atoms with Crippen molar-refractivity contribution in [3.63, 3.8) is 0 Å². The third kappa shape index (κ3) is 6.12. The lowest BCUT2D eigenvalue weighted by Crippen LogP contribution is -2.32. The van der Waals surface area contributed by atoms with E-state index in [1.165, 1.54) is 0 Å². The smallest absolute Gasteiger partial charge is 0.307 e. The van der Waals surface area contributed by atoms with Crippen LogP contribution in [0, 0.1) is 0 Å². The summed E-state index contributed by atoms with van der Waals surface area (Å²) >= 11 is 11.6. The Morgan fingerprint density at radius 2 is 1.77 bits per heavy atom. The number of hydrogen-bond acceptors (Lipinski definition) is 6. The first-order chi connectivity index (χ1) is 15.2. The Hall–Kier alpha value is -2.28. The summed E-state index contributed by atoms with van der Waals surface area (Å²) in [5, 5.41) is 5.35. The van der Waals surface area contributed by atoms with Crippen molar-refractivity contribution in [3.8, 4) is 5.75 Å². The Balaban J connectivity index is 1.64. The number of nitrogens with zero attached hydrogens (tertiary/aromatic N) is 2. The van der Waals surface area contributed by atoms with Gasteiger partial charge in [-0.3, -0.25) is 9.69 Å². The monoisotopic (exact) mass is 463 g/mol. The number of pyridine rings is 1. The highest BCUT2D eigenvalue weighted by Crippen LogP contribution is 2.34. The van der Waals surface area contributed by atoms with Crippen LogP contribution in [-0.2, 0) is 9.53 Å². The molecule has 0 amide bonds. The molecule has 1 heterocycles. The predicted octanol–water partition coefficient (Wildman–Crippen LogP) is 4.52. The van der Waals surface area contributed by atoms with Crippen molar-refractivity contribution in [2.24, 2.45) is 0 Å². The van der Waals surface area contributed by atoms with Crippen LogP contribution in [0.5, 0.6) is 5.75 Å². The molecule has 0 fully saturated rings. The van der Waals surface area contributed by atoms with E-state index >= 15 is 0 Å². The van der Waals surface area contributed by atoms with Gasteiger partial charge < -0.3 is 14.8 Å². The molecule has 0 spiro atoms. The topological polar surface area (TPSA) is 63.7 Å². The van der Waals surface area contributed by atoms with E-state index < -0.39 is 0 Å². The highest BCUT2D eigenvalue weighted by atomic mass is 35.5. The fraction of sp³-hybridized carbons (Fsp3) is 0.391. The number of aromatic nitrogens is 1. The summed E-state index contributed by atoms with van der Waals surface area (Å²) in [5.41, 5.74) is 2.58. The normalized spacial score (nSPS) is 11.2. The molecule has 0 bridgehead atoms. The lowest BCUT2D eigenvalue weighted by molar-refractivity contribution is -0.143. The SMILES string of the molecule is COc1cccc2c(NCCC(=O)OCCN(CCCl)CCCl)c3ccccc3nc12. The average molecular weight is 464 g/mol. The van der Waals surface area contributed by atoms with Crippen LogP contribution < -0.4 is 10.1 Å². The van der Waals surface area contributed by atoms with Crippen LogP contribution in [0.2, 0.25) is 0 Å². The summed E-state index contributed by atoms with van der Waals surface area (Å²) in [6.45, 7) is 2.84. The number of benzene rings is 2. The quantitative estimate of drug-likeness (QED) is 0.242. The van der Waals surface area contributed by atoms with E-state index in [2.05, 4.69) is 10.2 Å². The third-order valence-corrected chi connectivity index (χ3v) is 5.33. The number of fused-ring (bicyclic) bond motifs is 2. The molecule has 0 saturated heterocycles. The lowest BCUT2D eigenvalue weighted by atomic mass is 10.1. The van der Waals surface area contributed by atoms with E-state index in [0.29, 0.717) is 37.2 Å². The first-order valence-electron chi connectivity index (χ1n) is 10.3. The number of nitrogens with one attached hydrogen (secondary N) is 1. The minimum atomic E-state index is -0.246. The van der Waals surface area contributed by atoms with Crippen LogP contribution in [0.1, 0.15) is 6.42 Å². The molecule has 0 aliphatic heterocycles. The first-order valence-corrected chi connectivity index (χ1v) is 11.3. The van der Waals surface area contributed by atoms with E-state index in [4.69, 9.17) is 37.7 Å². The van der Waals surface area contributed by atoms with Gasteiger partial charge in [-0.05, 0) is 12.1 Å². The Morgan fingerprint density at radius 3 is 2.52 bits per heavy atom. The van der Waals surface area contributed by atoms with Gasteiger partial charge in [0.05, 0.1) is 24.7 Å². The van der Waals surface area contributed by atoms with E-state index in [9.17, 15) is 4.79 Å². The van der Waals surface area contributed by atoms with E-state index in [1.54, 1.807) is 7.11 Å². The summed E-state index contributed by atoms with van der Waals surface area (Å²) in [6.07, 6.45) is 0.257. The maximum Gasteiger partial charge on any atom is 0.307 e. The highest BCUT2D eigenvalue weighted by molar-refractivity contribution is 6.18. The molecule has 0 unspecified atom stereocenters. The van der Waals surface area contributed by atoms with Crippen molar-refractivity contribution in [3.05, 3.63) is 42.5 Å². The molecule has 8 heteroatoms. The van der Waals surface area contributed by atoms with Gasteiger partial charge >= 0.3 is 5.97 Å². The number of anilines is 1. The van der Waals surface area contributed by atoms with Crippen LogP contribution >= 0.6 is 23.2 Å². The first kappa shape index (κ1) is 23.4. The molecule has 0 radical (unpaired) electrons. The van der Waals surface area contributed by atoms with Crippen molar-refractivity contribution in [2.45, 2.75) is 6.42 Å². The van der Waals surface area contributed by atoms with Crippen LogP contribution in [-0.4, -0.2) is 67.5 Å². The number of para-hydroxylation sites is 2. The molecular formula is C23H27Cl2N3O3. The number of alkyl halides is 2. The Kier molecular flexibility index (Phi) is 9.00. The Labute approximate surface area is 192 Å². The van der Waals surface area contributed by atoms with Crippen molar-refractivity contribution in [2.75, 3.05) is 57.0 Å². The molecule has 0 saturated carbocycles. The molecule has 31 heavy (non-hydrogen) atoms. The maximum absolute atomic E-state index is 12.2. The Morgan fingerprint density at radius 1 is 1.03 bits per heavy atom. The van der Waals surface area contributed by atoms with Gasteiger partial charge in [0.15, 0.2) is 0 Å². The minimum absolute atomic E-state index is 0.246. The molecule has 1 N–H and O–H groups in total. The number of methoxy groups -OCH3 is 1. The van der Waals surface area contributed by atoms with Gasteiger partial charge in [-0.2, -0.15) is 0 Å². The second-order valence-corrected chi connectivity index (χ2v) is 7.73. The minimum Gasteiger partial charge on any atom is -0.494 e. The van der Waals surface area contributed by atoms with Crippen molar-refractivity contribution in [1.82, 2.24) is 9.88 Å². The van der Waals surface area contributed by atoms with Gasteiger partial charge in [-0.1, -0.05) is 30.3 Å². The van der Waals surface area contributed by atoms with E-state index in [0.717, 1.165) is 40.6 Å². The molecule has 0 aliphatic carbocycles. The number of ether oxygens (including phenoxy) is 2. The number of halogens is 2. The standard InChI is InChI=1S/C23H27Cl2N3O3/c1-30-20-8-4-6-18-22(17-5-2-3-7-19(17)27-23(18)20)26-12-9-21(29)31-16-15-28(13-10-24)14-11-25/h2-8H,9-16H2,1H3,(H,26,27). The number of hydrogen-bond donors (Lipinski definition) is 1. The van der Waals surface area contributed by atoms with E-state index in [-0.39, 0.29) is 12.4 Å². The summed E-state index contributed by atoms with van der Waals surface area (Å²) in [6, 6.07) is 13.7. The van der Waals surface area contributed by atoms with Crippen LogP contribution in [0.4, 0.5) is 5.69 Å². The molecular weight excluding hydrogens is 437 g/mol. The Bertz CT molecular complexity index is 1010. The largest absolute Gasteiger partial charge is 0.494 e. The van der Waals surface area contributed by atoms with Crippen LogP contribution in [0.3, 0.4) is 0 Å². The zero-order valence-electron chi connectivity index (χ0n) is 17.6. The summed E-state index contributed by atoms with van der Waals surface area (Å²) < 4.78 is 10.9. The second kappa shape index (κ2) is 11.9. The van der Waals surface area contributed by atoms with Gasteiger partial charge in [0, 0.05) is 48.7 Å². The van der Waals surface area contributed by atoms with E-state index in [1.807, 2.05) is 42.5 Å². The van der Waals surface area contributed by atoms with Crippen molar-refractivity contribution in [1.29, 1.82) is 0 Å². The predicted molar refractivity (Wildman–Crippen MR) is 128 cm³/mol. The average Bonchev–Trinajstić information content (AvgIpc) is 2.78. The molecule has 3 rings (SSSR count). The van der Waals surface area contributed by atoms with Gasteiger partial charge in [0.2, 0.25) is 0 Å². The summed E-state index contributed by atoms with van der Waals surface area (Å²) in [4.78, 5) is 19.0. The molecule has 0 aliphatic rings. The molecule has 166 valence electrons. The lowest BCUT2D eigenvalue weighted by Gasteiger charge is -2.19. The van der Waals surface area contributed by atoms with Crippen LogP contribution in [0.25, 0.3) is 21.8 Å². The number of rotatable bonds is 12. The third-order valence-electron chi connectivity index (χ3n) is 5.00. The molecule has 2 aromatic carbocycles. The second-order valence-electron chi connectivity index (χ2n) is 6.98. The number of carbonyl (C=O) groups is 1. The number of esters is 1. The van der Waals surface area contributed by atoms with Crippen molar-refractivity contribution < 1.29 is 14.3 Å². The van der Waals surface area contributed by atoms with Gasteiger partial charge in [0.1, 0.15) is 17.9 Å². The zero-order chi connectivity index (χ0) is 22.1. The van der Waals surface area contributed by atoms with Crippen LogP contribution in [0.15, 0.2) is 42.5 Å². The van der Waals surface area contributed by atoms with Gasteiger partial charge in [-0.25, -0.2) is 4.98 Å².